The van der Waals surface area contributed by atoms with Crippen LogP contribution >= 0.6 is 0 Å². The van der Waals surface area contributed by atoms with Crippen molar-refractivity contribution in [2.45, 2.75) is 0 Å². The molecule has 9 heteroatoms. The lowest BCUT2D eigenvalue weighted by Gasteiger charge is -2.07. The minimum Gasteiger partial charge on any atom is -0.322 e. The number of amides is 1. The molecule has 4 N–H and O–H groups in total. The number of hydrogen-bond acceptors (Lipinski definition) is 4. The average Bonchev–Trinajstić information content (AvgIpc) is 2.74. The Bertz CT molecular complexity index is 738. The molecule has 0 saturated heterocycles. The van der Waals surface area contributed by atoms with E-state index in [1.54, 1.807) is 25.4 Å². The Balaban J connectivity index is 2.14. The number of rotatable bonds is 4. The summed E-state index contributed by atoms with van der Waals surface area (Å²) in [5, 5.41) is 11.4. The van der Waals surface area contributed by atoms with Crippen molar-refractivity contribution in [1.29, 1.82) is 0 Å². The van der Waals surface area contributed by atoms with Gasteiger partial charge in [0.25, 0.3) is 16.1 Å². The number of aryl methyl sites for hydroxylation is 1. The van der Waals surface area contributed by atoms with Gasteiger partial charge in [-0.1, -0.05) is 6.07 Å². The van der Waals surface area contributed by atoms with Gasteiger partial charge in [-0.05, 0) is 18.2 Å². The summed E-state index contributed by atoms with van der Waals surface area (Å²) in [6.45, 7) is 0. The van der Waals surface area contributed by atoms with Gasteiger partial charge in [-0.2, -0.15) is 13.5 Å². The minimum absolute atomic E-state index is 0.261. The molecule has 0 aliphatic rings. The predicted molar refractivity (Wildman–Crippen MR) is 74.3 cm³/mol. The molecule has 8 nitrogen and oxygen atoms in total. The van der Waals surface area contributed by atoms with Crippen molar-refractivity contribution < 1.29 is 13.2 Å². The first-order chi connectivity index (χ1) is 9.33. The van der Waals surface area contributed by atoms with Crippen LogP contribution < -0.4 is 15.2 Å². The molecule has 0 unspecified atom stereocenters. The highest BCUT2D eigenvalue weighted by atomic mass is 32.2. The molecular formula is C11H13N5O3S. The first-order valence-corrected chi connectivity index (χ1v) is 7.09. The fourth-order valence-corrected chi connectivity index (χ4v) is 2.02. The molecule has 2 rings (SSSR count). The summed E-state index contributed by atoms with van der Waals surface area (Å²) in [5.74, 6) is -0.342. The molecule has 0 bridgehead atoms. The lowest BCUT2D eigenvalue weighted by atomic mass is 10.2. The lowest BCUT2D eigenvalue weighted by Crippen LogP contribution is -2.21. The average molecular weight is 295 g/mol. The van der Waals surface area contributed by atoms with Crippen LogP contribution in [0, 0.1) is 0 Å². The van der Waals surface area contributed by atoms with Gasteiger partial charge in [0.1, 0.15) is 0 Å². The number of carbonyl (C=O) groups excluding carboxylic acids is 1. The van der Waals surface area contributed by atoms with Crippen LogP contribution in [0.2, 0.25) is 0 Å². The van der Waals surface area contributed by atoms with Crippen molar-refractivity contribution in [2.24, 2.45) is 12.2 Å². The van der Waals surface area contributed by atoms with Crippen LogP contribution in [0.4, 0.5) is 11.4 Å². The third-order valence-corrected chi connectivity index (χ3v) is 2.87. The molecule has 1 aromatic heterocycles. The van der Waals surface area contributed by atoms with Gasteiger partial charge in [0.2, 0.25) is 0 Å². The number of benzene rings is 1. The Morgan fingerprint density at radius 3 is 2.65 bits per heavy atom. The van der Waals surface area contributed by atoms with Gasteiger partial charge < -0.3 is 5.32 Å². The molecule has 0 fully saturated rings. The van der Waals surface area contributed by atoms with E-state index in [4.69, 9.17) is 5.14 Å². The lowest BCUT2D eigenvalue weighted by molar-refractivity contribution is 0.102. The van der Waals surface area contributed by atoms with E-state index in [0.29, 0.717) is 11.3 Å². The second-order valence-corrected chi connectivity index (χ2v) is 5.38. The van der Waals surface area contributed by atoms with Crippen molar-refractivity contribution in [1.82, 2.24) is 9.78 Å². The highest BCUT2D eigenvalue weighted by Gasteiger charge is 2.09. The summed E-state index contributed by atoms with van der Waals surface area (Å²) in [5.41, 5.74) is 1.10. The van der Waals surface area contributed by atoms with Crippen molar-refractivity contribution in [3.8, 4) is 0 Å². The monoisotopic (exact) mass is 295 g/mol. The highest BCUT2D eigenvalue weighted by Crippen LogP contribution is 2.16. The van der Waals surface area contributed by atoms with Gasteiger partial charge in [-0.15, -0.1) is 0 Å². The standard InChI is InChI=1S/C11H13N5O3S/c1-16-7-8(6-13-16)11(17)14-9-3-2-4-10(5-9)15-20(12,18)19/h2-7,15H,1H3,(H,14,17)(H2,12,18,19). The first kappa shape index (κ1) is 14.0. The molecule has 1 amide bonds. The SMILES string of the molecule is Cn1cc(C(=O)Nc2cccc(NS(N)(=O)=O)c2)cn1. The Labute approximate surface area is 115 Å². The summed E-state index contributed by atoms with van der Waals surface area (Å²) in [7, 11) is -2.15. The second-order valence-electron chi connectivity index (χ2n) is 4.08. The zero-order valence-corrected chi connectivity index (χ0v) is 11.4. The topological polar surface area (TPSA) is 119 Å². The maximum absolute atomic E-state index is 11.9. The van der Waals surface area contributed by atoms with E-state index in [0.717, 1.165) is 0 Å². The first-order valence-electron chi connectivity index (χ1n) is 5.54. The third kappa shape index (κ3) is 3.80. The quantitative estimate of drug-likeness (QED) is 0.750. The maximum atomic E-state index is 11.9. The largest absolute Gasteiger partial charge is 0.322 e. The van der Waals surface area contributed by atoms with Crippen LogP contribution in [0.3, 0.4) is 0 Å². The fraction of sp³-hybridized carbons (Fsp3) is 0.0909. The molecule has 106 valence electrons. The predicted octanol–water partition coefficient (Wildman–Crippen LogP) is 0.288. The molecule has 0 radical (unpaired) electrons. The number of hydrogen-bond donors (Lipinski definition) is 3. The zero-order valence-electron chi connectivity index (χ0n) is 10.6. The number of anilines is 2. The fourth-order valence-electron chi connectivity index (χ4n) is 1.57. The second kappa shape index (κ2) is 5.31. The Hall–Kier alpha value is -2.39. The summed E-state index contributed by atoms with van der Waals surface area (Å²) in [6, 6.07) is 6.19. The van der Waals surface area contributed by atoms with E-state index in [1.165, 1.54) is 23.0 Å². The summed E-state index contributed by atoms with van der Waals surface area (Å²) >= 11 is 0. The molecule has 0 aliphatic carbocycles. The summed E-state index contributed by atoms with van der Waals surface area (Å²) < 4.78 is 25.5. The number of aromatic nitrogens is 2. The molecule has 0 spiro atoms. The molecule has 20 heavy (non-hydrogen) atoms. The molecule has 0 atom stereocenters. The van der Waals surface area contributed by atoms with E-state index in [2.05, 4.69) is 15.1 Å². The van der Waals surface area contributed by atoms with Crippen LogP contribution in [0.5, 0.6) is 0 Å². The molecule has 1 aromatic carbocycles. The molecular weight excluding hydrogens is 282 g/mol. The van der Waals surface area contributed by atoms with E-state index in [9.17, 15) is 13.2 Å². The molecule has 1 heterocycles. The van der Waals surface area contributed by atoms with Gasteiger partial charge in [0, 0.05) is 18.9 Å². The zero-order chi connectivity index (χ0) is 14.8. The molecule has 2 aromatic rings. The minimum atomic E-state index is -3.85. The van der Waals surface area contributed by atoms with Crippen molar-refractivity contribution in [2.75, 3.05) is 10.0 Å². The number of carbonyl (C=O) groups is 1. The van der Waals surface area contributed by atoms with Gasteiger partial charge >= 0.3 is 0 Å². The van der Waals surface area contributed by atoms with Crippen molar-refractivity contribution in [3.05, 3.63) is 42.2 Å². The Kier molecular flexibility index (Phi) is 3.72. The van der Waals surface area contributed by atoms with Crippen LogP contribution in [-0.4, -0.2) is 24.1 Å². The van der Waals surface area contributed by atoms with Crippen molar-refractivity contribution in [3.63, 3.8) is 0 Å². The molecule has 0 saturated carbocycles. The smallest absolute Gasteiger partial charge is 0.296 e. The van der Waals surface area contributed by atoms with Gasteiger partial charge in [0.15, 0.2) is 0 Å². The van der Waals surface area contributed by atoms with E-state index >= 15 is 0 Å². The van der Waals surface area contributed by atoms with Gasteiger partial charge in [-0.3, -0.25) is 14.2 Å². The Morgan fingerprint density at radius 1 is 1.35 bits per heavy atom. The number of nitrogens with two attached hydrogens (primary N) is 1. The van der Waals surface area contributed by atoms with Crippen LogP contribution in [-0.2, 0) is 17.3 Å². The van der Waals surface area contributed by atoms with Crippen LogP contribution in [0.25, 0.3) is 0 Å². The number of nitrogens with zero attached hydrogens (tertiary/aromatic N) is 2. The summed E-state index contributed by atoms with van der Waals surface area (Å²) in [4.78, 5) is 11.9. The maximum Gasteiger partial charge on any atom is 0.296 e. The van der Waals surface area contributed by atoms with Crippen LogP contribution in [0.15, 0.2) is 36.7 Å². The molecule has 0 aliphatic heterocycles. The van der Waals surface area contributed by atoms with Gasteiger partial charge in [-0.25, -0.2) is 5.14 Å². The third-order valence-electron chi connectivity index (χ3n) is 2.35. The van der Waals surface area contributed by atoms with E-state index in [-0.39, 0.29) is 11.6 Å². The van der Waals surface area contributed by atoms with Crippen LogP contribution in [0.1, 0.15) is 10.4 Å². The number of nitrogens with one attached hydrogen (secondary N) is 2. The van der Waals surface area contributed by atoms with Crippen molar-refractivity contribution >= 4 is 27.5 Å². The van der Waals surface area contributed by atoms with E-state index < -0.39 is 10.2 Å². The van der Waals surface area contributed by atoms with E-state index in [1.807, 2.05) is 0 Å². The summed E-state index contributed by atoms with van der Waals surface area (Å²) in [6.07, 6.45) is 3.00. The normalized spacial score (nSPS) is 11.1. The highest BCUT2D eigenvalue weighted by molar-refractivity contribution is 7.90. The van der Waals surface area contributed by atoms with Gasteiger partial charge in [0.05, 0.1) is 17.4 Å². The Morgan fingerprint density at radius 2 is 2.05 bits per heavy atom.